The molecule has 0 aromatic carbocycles. The van der Waals surface area contributed by atoms with Crippen LogP contribution in [0, 0.1) is 12.8 Å². The van der Waals surface area contributed by atoms with E-state index in [9.17, 15) is 0 Å². The van der Waals surface area contributed by atoms with Crippen molar-refractivity contribution in [1.29, 1.82) is 0 Å². The number of nitrogens with one attached hydrogen (secondary N) is 2. The zero-order valence-electron chi connectivity index (χ0n) is 14.7. The first-order valence-electron chi connectivity index (χ1n) is 8.85. The van der Waals surface area contributed by atoms with Gasteiger partial charge in [-0.2, -0.15) is 0 Å². The lowest BCUT2D eigenvalue weighted by molar-refractivity contribution is 0.0397. The van der Waals surface area contributed by atoms with E-state index in [4.69, 9.17) is 10.5 Å². The third-order valence-electron chi connectivity index (χ3n) is 4.40. The highest BCUT2D eigenvalue weighted by Gasteiger charge is 2.28. The van der Waals surface area contributed by atoms with E-state index in [-0.39, 0.29) is 6.10 Å². The van der Waals surface area contributed by atoms with Crippen molar-refractivity contribution in [3.05, 3.63) is 40.0 Å². The van der Waals surface area contributed by atoms with E-state index in [1.54, 1.807) is 11.3 Å². The van der Waals surface area contributed by atoms with Crippen LogP contribution < -0.4 is 16.4 Å². The Kier molecular flexibility index (Phi) is 6.75. The van der Waals surface area contributed by atoms with Gasteiger partial charge in [-0.1, -0.05) is 0 Å². The van der Waals surface area contributed by atoms with Gasteiger partial charge in [0.15, 0.2) is 0 Å². The first kappa shape index (κ1) is 18.3. The maximum Gasteiger partial charge on any atom is 0.123 e. The van der Waals surface area contributed by atoms with Crippen LogP contribution in [0.1, 0.15) is 16.3 Å². The third-order valence-corrected chi connectivity index (χ3v) is 5.24. The molecule has 1 saturated heterocycles. The summed E-state index contributed by atoms with van der Waals surface area (Å²) >= 11 is 1.70. The number of thiazole rings is 1. The molecule has 3 rings (SSSR count). The molecule has 7 heteroatoms. The monoisotopic (exact) mass is 361 g/mol. The lowest BCUT2D eigenvalue weighted by Gasteiger charge is -2.19. The minimum atomic E-state index is 0.240. The van der Waals surface area contributed by atoms with Crippen LogP contribution in [-0.4, -0.2) is 48.9 Å². The Morgan fingerprint density at radius 2 is 2.28 bits per heavy atom. The number of nitrogen functional groups attached to an aromatic ring is 1. The molecule has 2 aromatic heterocycles. The minimum Gasteiger partial charge on any atom is -0.384 e. The second-order valence-electron chi connectivity index (χ2n) is 6.52. The van der Waals surface area contributed by atoms with Gasteiger partial charge >= 0.3 is 0 Å². The van der Waals surface area contributed by atoms with Crippen LogP contribution in [0.3, 0.4) is 0 Å². The Morgan fingerprint density at radius 3 is 3.08 bits per heavy atom. The maximum absolute atomic E-state index is 6.09. The minimum absolute atomic E-state index is 0.240. The Labute approximate surface area is 153 Å². The van der Waals surface area contributed by atoms with Crippen molar-refractivity contribution in [2.45, 2.75) is 25.9 Å². The van der Waals surface area contributed by atoms with E-state index < -0.39 is 0 Å². The molecule has 2 atom stereocenters. The largest absolute Gasteiger partial charge is 0.384 e. The molecule has 1 aliphatic heterocycles. The Balaban J connectivity index is 1.36. The summed E-state index contributed by atoms with van der Waals surface area (Å²) in [6.07, 6.45) is 3.98. The number of anilines is 1. The van der Waals surface area contributed by atoms with Crippen LogP contribution in [-0.2, 0) is 17.6 Å². The van der Waals surface area contributed by atoms with Gasteiger partial charge in [0.05, 0.1) is 17.7 Å². The van der Waals surface area contributed by atoms with Crippen LogP contribution in [0.25, 0.3) is 0 Å². The molecular formula is C18H27N5OS. The summed E-state index contributed by atoms with van der Waals surface area (Å²) in [6, 6.07) is 4.02. The lowest BCUT2D eigenvalue weighted by Crippen LogP contribution is -2.29. The number of ether oxygens (including phenoxy) is 1. The van der Waals surface area contributed by atoms with Gasteiger partial charge in [0.25, 0.3) is 0 Å². The fourth-order valence-electron chi connectivity index (χ4n) is 3.23. The molecule has 6 nitrogen and oxygen atoms in total. The zero-order chi connectivity index (χ0) is 17.5. The van der Waals surface area contributed by atoms with Crippen molar-refractivity contribution in [2.75, 3.05) is 38.5 Å². The number of aromatic nitrogens is 2. The first-order valence-corrected chi connectivity index (χ1v) is 9.73. The lowest BCUT2D eigenvalue weighted by atomic mass is 9.99. The maximum atomic E-state index is 6.09. The van der Waals surface area contributed by atoms with Gasteiger partial charge in [-0.25, -0.2) is 9.97 Å². The van der Waals surface area contributed by atoms with Gasteiger partial charge in [0, 0.05) is 55.8 Å². The van der Waals surface area contributed by atoms with Crippen molar-refractivity contribution in [1.82, 2.24) is 20.6 Å². The topological polar surface area (TPSA) is 85.1 Å². The zero-order valence-corrected chi connectivity index (χ0v) is 15.5. The van der Waals surface area contributed by atoms with Crippen molar-refractivity contribution in [3.63, 3.8) is 0 Å². The first-order chi connectivity index (χ1) is 12.2. The normalized spacial score (nSPS) is 20.2. The van der Waals surface area contributed by atoms with Gasteiger partial charge < -0.3 is 21.1 Å². The van der Waals surface area contributed by atoms with Crippen molar-refractivity contribution in [3.8, 4) is 0 Å². The van der Waals surface area contributed by atoms with E-state index >= 15 is 0 Å². The van der Waals surface area contributed by atoms with Gasteiger partial charge in [0.1, 0.15) is 5.82 Å². The fraction of sp³-hybridized carbons (Fsp3) is 0.556. The average molecular weight is 362 g/mol. The molecule has 1 aliphatic rings. The number of hydrogen-bond donors (Lipinski definition) is 3. The predicted octanol–water partition coefficient (Wildman–Crippen LogP) is 1.41. The predicted molar refractivity (Wildman–Crippen MR) is 102 cm³/mol. The number of aryl methyl sites for hydroxylation is 1. The van der Waals surface area contributed by atoms with Gasteiger partial charge in [-0.3, -0.25) is 0 Å². The highest BCUT2D eigenvalue weighted by Crippen LogP contribution is 2.19. The Bertz CT molecular complexity index is 629. The second-order valence-corrected chi connectivity index (χ2v) is 7.50. The van der Waals surface area contributed by atoms with Crippen molar-refractivity contribution < 1.29 is 4.74 Å². The number of pyridine rings is 1. The summed E-state index contributed by atoms with van der Waals surface area (Å²) in [6.45, 7) is 6.46. The molecule has 3 heterocycles. The Hall–Kier alpha value is -1.54. The van der Waals surface area contributed by atoms with E-state index in [1.165, 1.54) is 5.01 Å². The molecule has 0 spiro atoms. The quantitative estimate of drug-likeness (QED) is 0.586. The van der Waals surface area contributed by atoms with Crippen LogP contribution in [0.2, 0.25) is 0 Å². The summed E-state index contributed by atoms with van der Waals surface area (Å²) in [5.41, 5.74) is 8.08. The van der Waals surface area contributed by atoms with Crippen molar-refractivity contribution in [2.24, 2.45) is 5.92 Å². The fourth-order valence-corrected chi connectivity index (χ4v) is 3.85. The van der Waals surface area contributed by atoms with E-state index in [2.05, 4.69) is 33.6 Å². The number of rotatable bonds is 9. The summed E-state index contributed by atoms with van der Waals surface area (Å²) in [5, 5.41) is 10.0. The molecule has 2 unspecified atom stereocenters. The average Bonchev–Trinajstić information content (AvgIpc) is 3.22. The van der Waals surface area contributed by atoms with Gasteiger partial charge in [-0.15, -0.1) is 11.3 Å². The van der Waals surface area contributed by atoms with Crippen LogP contribution in [0.15, 0.2) is 23.7 Å². The van der Waals surface area contributed by atoms with E-state index in [0.29, 0.717) is 11.7 Å². The molecule has 0 bridgehead atoms. The Morgan fingerprint density at radius 1 is 1.36 bits per heavy atom. The van der Waals surface area contributed by atoms with Gasteiger partial charge in [0.2, 0.25) is 0 Å². The molecule has 1 fully saturated rings. The summed E-state index contributed by atoms with van der Waals surface area (Å²) in [4.78, 5) is 8.74. The van der Waals surface area contributed by atoms with Crippen LogP contribution >= 0.6 is 11.3 Å². The summed E-state index contributed by atoms with van der Waals surface area (Å²) < 4.78 is 6.09. The highest BCUT2D eigenvalue weighted by molar-refractivity contribution is 7.09. The standard InChI is InChI=1S/C18H27N5OS/c1-13-8-15(23-17(19)9-13)10-14-11-21-12-16(14)24-6-4-20-3-2-18-22-5-7-25-18/h5,7-9,14,16,20-21H,2-4,6,10-12H2,1H3,(H2,19,23). The SMILES string of the molecule is Cc1cc(N)nc(CC2CNCC2OCCNCCc2nccs2)c1. The molecule has 0 saturated carbocycles. The number of nitrogens with two attached hydrogens (primary N) is 1. The highest BCUT2D eigenvalue weighted by atomic mass is 32.1. The molecule has 25 heavy (non-hydrogen) atoms. The number of nitrogens with zero attached hydrogens (tertiary/aromatic N) is 2. The summed E-state index contributed by atoms with van der Waals surface area (Å²) in [5.74, 6) is 1.05. The van der Waals surface area contributed by atoms with E-state index in [1.807, 2.05) is 17.6 Å². The molecule has 0 radical (unpaired) electrons. The molecule has 4 N–H and O–H groups in total. The molecule has 0 amide bonds. The van der Waals surface area contributed by atoms with Gasteiger partial charge in [-0.05, 0) is 31.0 Å². The molecule has 0 aliphatic carbocycles. The molecule has 136 valence electrons. The van der Waals surface area contributed by atoms with E-state index in [0.717, 1.165) is 56.9 Å². The smallest absolute Gasteiger partial charge is 0.123 e. The second kappa shape index (κ2) is 9.24. The van der Waals surface area contributed by atoms with Crippen LogP contribution in [0.5, 0.6) is 0 Å². The number of hydrogen-bond acceptors (Lipinski definition) is 7. The molecule has 2 aromatic rings. The van der Waals surface area contributed by atoms with Crippen molar-refractivity contribution >= 4 is 17.2 Å². The molecular weight excluding hydrogens is 334 g/mol. The summed E-state index contributed by atoms with van der Waals surface area (Å²) in [7, 11) is 0. The third kappa shape index (κ3) is 5.74. The van der Waals surface area contributed by atoms with Crippen LogP contribution in [0.4, 0.5) is 5.82 Å².